The zero-order valence-corrected chi connectivity index (χ0v) is 14.8. The Morgan fingerprint density at radius 2 is 2.04 bits per heavy atom. The molecule has 1 unspecified atom stereocenters. The molecule has 0 aliphatic heterocycles. The molecule has 0 radical (unpaired) electrons. The maximum Gasteiger partial charge on any atom is 0.191 e. The second-order valence-electron chi connectivity index (χ2n) is 5.72. The Balaban J connectivity index is 1.60. The molecule has 5 heteroatoms. The zero-order valence-electron chi connectivity index (χ0n) is 14.0. The summed E-state index contributed by atoms with van der Waals surface area (Å²) in [5.74, 6) is 1.27. The van der Waals surface area contributed by atoms with Crippen LogP contribution in [0.25, 0.3) is 10.9 Å². The van der Waals surface area contributed by atoms with E-state index in [-0.39, 0.29) is 0 Å². The number of fused-ring (bicyclic) bond motifs is 1. The summed E-state index contributed by atoms with van der Waals surface area (Å²) in [6.07, 6.45) is 1.83. The van der Waals surface area contributed by atoms with E-state index in [1.807, 2.05) is 12.3 Å². The summed E-state index contributed by atoms with van der Waals surface area (Å²) in [4.78, 5) is 10.2. The average molecular weight is 338 g/mol. The first-order chi connectivity index (χ1) is 11.8. The highest BCUT2D eigenvalue weighted by molar-refractivity contribution is 7.10. The van der Waals surface area contributed by atoms with Crippen LogP contribution in [-0.4, -0.2) is 24.5 Å². The quantitative estimate of drug-likeness (QED) is 0.550. The number of pyridine rings is 1. The summed E-state index contributed by atoms with van der Waals surface area (Å²) in [6.45, 7) is 3.77. The smallest absolute Gasteiger partial charge is 0.191 e. The third-order valence-corrected chi connectivity index (χ3v) is 5.09. The average Bonchev–Trinajstić information content (AvgIpc) is 3.16. The van der Waals surface area contributed by atoms with Crippen molar-refractivity contribution >= 4 is 28.2 Å². The van der Waals surface area contributed by atoms with Crippen molar-refractivity contribution in [2.45, 2.75) is 19.4 Å². The first-order valence-corrected chi connectivity index (χ1v) is 8.96. The lowest BCUT2D eigenvalue weighted by Crippen LogP contribution is -2.38. The SMILES string of the molecule is CN=C(NCc1cccc2cccnc12)NCC(C)c1cccs1. The van der Waals surface area contributed by atoms with Crippen LogP contribution in [0.3, 0.4) is 0 Å². The van der Waals surface area contributed by atoms with Gasteiger partial charge in [0, 0.05) is 42.5 Å². The first kappa shape index (κ1) is 16.5. The molecule has 4 nitrogen and oxygen atoms in total. The predicted octanol–water partition coefficient (Wildman–Crippen LogP) is 3.77. The highest BCUT2D eigenvalue weighted by Crippen LogP contribution is 2.19. The molecule has 0 saturated carbocycles. The van der Waals surface area contributed by atoms with Crippen LogP contribution < -0.4 is 10.6 Å². The molecule has 0 bridgehead atoms. The number of benzene rings is 1. The van der Waals surface area contributed by atoms with E-state index in [0.29, 0.717) is 12.5 Å². The van der Waals surface area contributed by atoms with E-state index in [4.69, 9.17) is 0 Å². The minimum Gasteiger partial charge on any atom is -0.356 e. The number of hydrogen-bond acceptors (Lipinski definition) is 3. The highest BCUT2D eigenvalue weighted by atomic mass is 32.1. The van der Waals surface area contributed by atoms with Gasteiger partial charge in [-0.05, 0) is 23.1 Å². The molecule has 0 aliphatic carbocycles. The Morgan fingerprint density at radius 3 is 2.83 bits per heavy atom. The molecule has 3 aromatic rings. The van der Waals surface area contributed by atoms with Gasteiger partial charge in [0.1, 0.15) is 0 Å². The molecule has 0 fully saturated rings. The summed E-state index contributed by atoms with van der Waals surface area (Å²) >= 11 is 1.79. The van der Waals surface area contributed by atoms with Gasteiger partial charge in [0.2, 0.25) is 0 Å². The topological polar surface area (TPSA) is 49.3 Å². The predicted molar refractivity (Wildman–Crippen MR) is 103 cm³/mol. The van der Waals surface area contributed by atoms with Crippen LogP contribution in [0.4, 0.5) is 0 Å². The van der Waals surface area contributed by atoms with Gasteiger partial charge in [0.15, 0.2) is 5.96 Å². The minimum absolute atomic E-state index is 0.461. The van der Waals surface area contributed by atoms with Crippen LogP contribution in [0.5, 0.6) is 0 Å². The fourth-order valence-corrected chi connectivity index (χ4v) is 3.42. The van der Waals surface area contributed by atoms with Crippen molar-refractivity contribution in [1.29, 1.82) is 0 Å². The standard InChI is InChI=1S/C19H22N4S/c1-14(17-9-5-11-24-17)12-22-19(20-2)23-13-16-7-3-6-15-8-4-10-21-18(15)16/h3-11,14H,12-13H2,1-2H3,(H2,20,22,23). The zero-order chi connectivity index (χ0) is 16.8. The van der Waals surface area contributed by atoms with E-state index in [2.05, 4.69) is 69.3 Å². The largest absolute Gasteiger partial charge is 0.356 e. The van der Waals surface area contributed by atoms with Crippen molar-refractivity contribution in [3.63, 3.8) is 0 Å². The lowest BCUT2D eigenvalue weighted by atomic mass is 10.1. The van der Waals surface area contributed by atoms with Gasteiger partial charge in [0.25, 0.3) is 0 Å². The highest BCUT2D eigenvalue weighted by Gasteiger charge is 2.08. The molecule has 0 amide bonds. The summed E-state index contributed by atoms with van der Waals surface area (Å²) in [5, 5.41) is 10.1. The number of thiophene rings is 1. The number of aromatic nitrogens is 1. The van der Waals surface area contributed by atoms with Crippen LogP contribution in [0.15, 0.2) is 59.0 Å². The van der Waals surface area contributed by atoms with E-state index in [9.17, 15) is 0 Å². The van der Waals surface area contributed by atoms with Gasteiger partial charge in [-0.1, -0.05) is 37.3 Å². The Hall–Kier alpha value is -2.40. The maximum absolute atomic E-state index is 4.49. The van der Waals surface area contributed by atoms with E-state index >= 15 is 0 Å². The van der Waals surface area contributed by atoms with Crippen LogP contribution in [-0.2, 0) is 6.54 Å². The number of nitrogens with one attached hydrogen (secondary N) is 2. The third kappa shape index (κ3) is 3.92. The Morgan fingerprint density at radius 1 is 1.17 bits per heavy atom. The molecule has 0 aliphatic rings. The normalized spacial score (nSPS) is 13.0. The van der Waals surface area contributed by atoms with Crippen LogP contribution in [0.1, 0.15) is 23.3 Å². The molecule has 2 heterocycles. The third-order valence-electron chi connectivity index (χ3n) is 3.99. The number of nitrogens with zero attached hydrogens (tertiary/aromatic N) is 2. The van der Waals surface area contributed by atoms with E-state index in [1.54, 1.807) is 18.4 Å². The van der Waals surface area contributed by atoms with E-state index in [1.165, 1.54) is 10.4 Å². The summed E-state index contributed by atoms with van der Waals surface area (Å²) < 4.78 is 0. The lowest BCUT2D eigenvalue weighted by molar-refractivity contribution is 0.708. The van der Waals surface area contributed by atoms with Crippen molar-refractivity contribution in [2.24, 2.45) is 4.99 Å². The molecule has 3 rings (SSSR count). The molecule has 124 valence electrons. The van der Waals surface area contributed by atoms with Crippen molar-refractivity contribution in [3.8, 4) is 0 Å². The van der Waals surface area contributed by atoms with Gasteiger partial charge in [-0.15, -0.1) is 11.3 Å². The second-order valence-corrected chi connectivity index (χ2v) is 6.69. The van der Waals surface area contributed by atoms with Gasteiger partial charge < -0.3 is 10.6 Å². The molecule has 0 saturated heterocycles. The van der Waals surface area contributed by atoms with Gasteiger partial charge in [0.05, 0.1) is 5.52 Å². The van der Waals surface area contributed by atoms with E-state index < -0.39 is 0 Å². The molecule has 1 aromatic carbocycles. The van der Waals surface area contributed by atoms with Crippen molar-refractivity contribution in [1.82, 2.24) is 15.6 Å². The number of hydrogen-bond donors (Lipinski definition) is 2. The fraction of sp³-hybridized carbons (Fsp3) is 0.263. The Bertz CT molecular complexity index is 806. The Labute approximate surface area is 146 Å². The monoisotopic (exact) mass is 338 g/mol. The fourth-order valence-electron chi connectivity index (χ4n) is 2.63. The maximum atomic E-state index is 4.49. The molecule has 2 aromatic heterocycles. The second kappa shape index (κ2) is 7.93. The number of guanidine groups is 1. The van der Waals surface area contributed by atoms with Gasteiger partial charge in [-0.25, -0.2) is 0 Å². The summed E-state index contributed by atoms with van der Waals surface area (Å²) in [7, 11) is 1.80. The van der Waals surface area contributed by atoms with Gasteiger partial charge >= 0.3 is 0 Å². The number of aliphatic imine (C=N–C) groups is 1. The lowest BCUT2D eigenvalue weighted by Gasteiger charge is -2.15. The van der Waals surface area contributed by atoms with Crippen LogP contribution >= 0.6 is 11.3 Å². The molecule has 24 heavy (non-hydrogen) atoms. The first-order valence-electron chi connectivity index (χ1n) is 8.08. The molecule has 1 atom stereocenters. The minimum atomic E-state index is 0.461. The van der Waals surface area contributed by atoms with Gasteiger partial charge in [-0.3, -0.25) is 9.98 Å². The molecule has 0 spiro atoms. The summed E-state index contributed by atoms with van der Waals surface area (Å²) in [5.41, 5.74) is 2.21. The Kier molecular flexibility index (Phi) is 5.43. The van der Waals surface area contributed by atoms with Crippen molar-refractivity contribution in [2.75, 3.05) is 13.6 Å². The van der Waals surface area contributed by atoms with Crippen LogP contribution in [0, 0.1) is 0 Å². The number of para-hydroxylation sites is 1. The summed E-state index contributed by atoms with van der Waals surface area (Å²) in [6, 6.07) is 14.6. The number of rotatable bonds is 5. The van der Waals surface area contributed by atoms with Crippen LogP contribution in [0.2, 0.25) is 0 Å². The van der Waals surface area contributed by atoms with Crippen molar-refractivity contribution in [3.05, 3.63) is 64.5 Å². The molecular weight excluding hydrogens is 316 g/mol. The molecular formula is C19H22N4S. The van der Waals surface area contributed by atoms with Gasteiger partial charge in [-0.2, -0.15) is 0 Å². The van der Waals surface area contributed by atoms with E-state index in [0.717, 1.165) is 23.4 Å². The van der Waals surface area contributed by atoms with Crippen molar-refractivity contribution < 1.29 is 0 Å². The molecule has 2 N–H and O–H groups in total.